The highest BCUT2D eigenvalue weighted by molar-refractivity contribution is 6.45. The third-order valence-electron chi connectivity index (χ3n) is 4.46. The van der Waals surface area contributed by atoms with Crippen LogP contribution >= 0.6 is 0 Å². The molecule has 0 saturated heterocycles. The van der Waals surface area contributed by atoms with E-state index in [-0.39, 0.29) is 5.57 Å². The molecule has 2 amide bonds. The van der Waals surface area contributed by atoms with Gasteiger partial charge in [-0.25, -0.2) is 4.90 Å². The van der Waals surface area contributed by atoms with Gasteiger partial charge in [0.1, 0.15) is 0 Å². The van der Waals surface area contributed by atoms with Crippen LogP contribution in [0.2, 0.25) is 0 Å². The zero-order valence-electron chi connectivity index (χ0n) is 14.2. The number of carbonyl (C=O) groups is 2. The number of carbonyl (C=O) groups excluding carboxylic acids is 2. The van der Waals surface area contributed by atoms with Gasteiger partial charge in [-0.2, -0.15) is 0 Å². The highest BCUT2D eigenvalue weighted by Crippen LogP contribution is 2.34. The molecule has 0 atom stereocenters. The number of aliphatic hydroxyl groups is 1. The smallest absolute Gasteiger partial charge is 0.301 e. The Morgan fingerprint density at radius 1 is 0.792 bits per heavy atom. The van der Waals surface area contributed by atoms with Gasteiger partial charge in [0, 0.05) is 0 Å². The molecule has 24 heavy (non-hydrogen) atoms. The topological polar surface area (TPSA) is 57.6 Å². The molecule has 0 spiro atoms. The van der Waals surface area contributed by atoms with Crippen molar-refractivity contribution in [3.63, 3.8) is 0 Å². The van der Waals surface area contributed by atoms with Crippen molar-refractivity contribution in [1.82, 2.24) is 0 Å². The fourth-order valence-corrected chi connectivity index (χ4v) is 2.85. The molecule has 4 heteroatoms. The predicted octanol–water partition coefficient (Wildman–Crippen LogP) is 3.76. The molecule has 0 radical (unpaired) electrons. The summed E-state index contributed by atoms with van der Waals surface area (Å²) in [5.41, 5.74) is 4.95. The van der Waals surface area contributed by atoms with Gasteiger partial charge >= 0.3 is 5.91 Å². The van der Waals surface area contributed by atoms with Crippen molar-refractivity contribution in [2.24, 2.45) is 0 Å². The Hall–Kier alpha value is -2.88. The van der Waals surface area contributed by atoms with Gasteiger partial charge in [0.25, 0.3) is 5.91 Å². The van der Waals surface area contributed by atoms with Gasteiger partial charge in [0.2, 0.25) is 0 Å². The van der Waals surface area contributed by atoms with Crippen LogP contribution in [0.15, 0.2) is 42.2 Å². The van der Waals surface area contributed by atoms with Crippen LogP contribution in [-0.2, 0) is 9.59 Å². The van der Waals surface area contributed by atoms with Gasteiger partial charge in [0.05, 0.1) is 11.3 Å². The number of aryl methyl sites for hydroxylation is 4. The number of hydrogen-bond donors (Lipinski definition) is 1. The summed E-state index contributed by atoms with van der Waals surface area (Å²) in [4.78, 5) is 26.4. The van der Waals surface area contributed by atoms with Crippen LogP contribution < -0.4 is 4.90 Å². The summed E-state index contributed by atoms with van der Waals surface area (Å²) in [6.45, 7) is 7.63. The van der Waals surface area contributed by atoms with E-state index in [0.29, 0.717) is 11.3 Å². The number of amides is 2. The minimum Gasteiger partial charge on any atom is -0.502 e. The Morgan fingerprint density at radius 2 is 1.46 bits per heavy atom. The molecular weight excluding hydrogens is 302 g/mol. The quantitative estimate of drug-likeness (QED) is 0.857. The van der Waals surface area contributed by atoms with Crippen molar-refractivity contribution >= 4 is 23.1 Å². The molecule has 3 rings (SSSR count). The van der Waals surface area contributed by atoms with E-state index in [0.717, 1.165) is 27.2 Å². The standard InChI is InChI=1S/C20H19NO3/c1-11-5-6-13(3)16(9-11)21-19(23)17(18(22)20(21)24)15-8-7-12(2)14(4)10-15/h5-10,22H,1-4H3. The van der Waals surface area contributed by atoms with Crippen molar-refractivity contribution in [2.75, 3.05) is 4.90 Å². The number of imide groups is 1. The van der Waals surface area contributed by atoms with E-state index in [2.05, 4.69) is 0 Å². The summed E-state index contributed by atoms with van der Waals surface area (Å²) in [7, 11) is 0. The molecule has 0 aromatic heterocycles. The first-order chi connectivity index (χ1) is 11.3. The first-order valence-electron chi connectivity index (χ1n) is 7.78. The van der Waals surface area contributed by atoms with Crippen LogP contribution in [-0.4, -0.2) is 16.9 Å². The summed E-state index contributed by atoms with van der Waals surface area (Å²) in [6, 6.07) is 11.0. The zero-order chi connectivity index (χ0) is 17.6. The van der Waals surface area contributed by atoms with Crippen LogP contribution in [0.5, 0.6) is 0 Å². The van der Waals surface area contributed by atoms with Crippen molar-refractivity contribution in [3.05, 3.63) is 70.0 Å². The van der Waals surface area contributed by atoms with Crippen molar-refractivity contribution in [3.8, 4) is 0 Å². The maximum Gasteiger partial charge on any atom is 0.301 e. The second kappa shape index (κ2) is 5.64. The summed E-state index contributed by atoms with van der Waals surface area (Å²) < 4.78 is 0. The fourth-order valence-electron chi connectivity index (χ4n) is 2.85. The van der Waals surface area contributed by atoms with E-state index >= 15 is 0 Å². The van der Waals surface area contributed by atoms with Gasteiger partial charge in [-0.15, -0.1) is 0 Å². The summed E-state index contributed by atoms with van der Waals surface area (Å²) in [5, 5.41) is 10.3. The molecule has 4 nitrogen and oxygen atoms in total. The van der Waals surface area contributed by atoms with Crippen LogP contribution in [0.1, 0.15) is 27.8 Å². The maximum absolute atomic E-state index is 12.9. The number of benzene rings is 2. The average molecular weight is 321 g/mol. The lowest BCUT2D eigenvalue weighted by molar-refractivity contribution is -0.121. The lowest BCUT2D eigenvalue weighted by Gasteiger charge is -2.18. The molecule has 122 valence electrons. The number of aliphatic hydroxyl groups excluding tert-OH is 1. The van der Waals surface area contributed by atoms with Gasteiger partial charge in [-0.3, -0.25) is 9.59 Å². The van der Waals surface area contributed by atoms with Crippen LogP contribution in [0, 0.1) is 27.7 Å². The summed E-state index contributed by atoms with van der Waals surface area (Å²) >= 11 is 0. The molecule has 0 saturated carbocycles. The Bertz CT molecular complexity index is 909. The zero-order valence-corrected chi connectivity index (χ0v) is 14.2. The molecule has 1 aliphatic rings. The molecule has 0 bridgehead atoms. The van der Waals surface area contributed by atoms with Crippen LogP contribution in [0.25, 0.3) is 5.57 Å². The largest absolute Gasteiger partial charge is 0.502 e. The second-order valence-corrected chi connectivity index (χ2v) is 6.26. The van der Waals surface area contributed by atoms with E-state index < -0.39 is 17.6 Å². The first-order valence-corrected chi connectivity index (χ1v) is 7.78. The Labute approximate surface area is 141 Å². The molecule has 0 fully saturated rings. The Morgan fingerprint density at radius 3 is 2.12 bits per heavy atom. The van der Waals surface area contributed by atoms with Crippen LogP contribution in [0.3, 0.4) is 0 Å². The molecule has 2 aromatic rings. The molecule has 0 unspecified atom stereocenters. The number of nitrogens with zero attached hydrogens (tertiary/aromatic N) is 1. The van der Waals surface area contributed by atoms with E-state index in [4.69, 9.17) is 0 Å². The average Bonchev–Trinajstić information content (AvgIpc) is 2.75. The van der Waals surface area contributed by atoms with E-state index in [9.17, 15) is 14.7 Å². The number of hydrogen-bond acceptors (Lipinski definition) is 3. The summed E-state index contributed by atoms with van der Waals surface area (Å²) in [5.74, 6) is -1.67. The van der Waals surface area contributed by atoms with Crippen LogP contribution in [0.4, 0.5) is 5.69 Å². The predicted molar refractivity (Wildman–Crippen MR) is 93.9 cm³/mol. The molecule has 2 aromatic carbocycles. The lowest BCUT2D eigenvalue weighted by Crippen LogP contribution is -2.32. The normalized spacial score (nSPS) is 14.8. The number of rotatable bonds is 2. The van der Waals surface area contributed by atoms with Crippen molar-refractivity contribution in [2.45, 2.75) is 27.7 Å². The molecule has 0 aliphatic carbocycles. The van der Waals surface area contributed by atoms with Crippen molar-refractivity contribution in [1.29, 1.82) is 0 Å². The van der Waals surface area contributed by atoms with E-state index in [1.54, 1.807) is 12.1 Å². The molecule has 1 N–H and O–H groups in total. The van der Waals surface area contributed by atoms with Gasteiger partial charge < -0.3 is 5.11 Å². The summed E-state index contributed by atoms with van der Waals surface area (Å²) in [6.07, 6.45) is 0. The third-order valence-corrected chi connectivity index (χ3v) is 4.46. The third kappa shape index (κ3) is 2.40. The van der Waals surface area contributed by atoms with E-state index in [1.165, 1.54) is 0 Å². The van der Waals surface area contributed by atoms with Gasteiger partial charge in [-0.1, -0.05) is 30.3 Å². The minimum atomic E-state index is -0.679. The molecule has 1 aliphatic heterocycles. The first kappa shape index (κ1) is 16.0. The SMILES string of the molecule is Cc1ccc(C)c(N2C(=O)C(O)=C(c3ccc(C)c(C)c3)C2=O)c1. The Kier molecular flexibility index (Phi) is 3.76. The monoisotopic (exact) mass is 321 g/mol. The van der Waals surface area contributed by atoms with E-state index in [1.807, 2.05) is 52.0 Å². The van der Waals surface area contributed by atoms with Gasteiger partial charge in [0.15, 0.2) is 5.76 Å². The lowest BCUT2D eigenvalue weighted by atomic mass is 10.00. The highest BCUT2D eigenvalue weighted by Gasteiger charge is 2.40. The minimum absolute atomic E-state index is 0.0593. The van der Waals surface area contributed by atoms with Crippen molar-refractivity contribution < 1.29 is 14.7 Å². The fraction of sp³-hybridized carbons (Fsp3) is 0.200. The molecular formula is C20H19NO3. The Balaban J connectivity index is 2.11. The maximum atomic E-state index is 12.9. The second-order valence-electron chi connectivity index (χ2n) is 6.26. The molecule has 1 heterocycles. The van der Waals surface area contributed by atoms with Gasteiger partial charge in [-0.05, 0) is 61.6 Å². The number of anilines is 1. The highest BCUT2D eigenvalue weighted by atomic mass is 16.3.